The predicted molar refractivity (Wildman–Crippen MR) is 59.2 cm³/mol. The van der Waals surface area contributed by atoms with Gasteiger partial charge in [0.05, 0.1) is 12.7 Å². The molecule has 1 rings (SSSR count). The van der Waals surface area contributed by atoms with Crippen molar-refractivity contribution in [1.29, 1.82) is 0 Å². The molecule has 1 aliphatic rings. The lowest BCUT2D eigenvalue weighted by Crippen LogP contribution is -2.44. The van der Waals surface area contributed by atoms with E-state index in [4.69, 9.17) is 14.6 Å². The van der Waals surface area contributed by atoms with E-state index in [0.29, 0.717) is 13.0 Å². The summed E-state index contributed by atoms with van der Waals surface area (Å²) in [6, 6.07) is 0.0285. The molecule has 16 heavy (non-hydrogen) atoms. The molecule has 0 aromatic carbocycles. The summed E-state index contributed by atoms with van der Waals surface area (Å²) in [4.78, 5) is 11.5. The number of rotatable bonds is 2. The normalized spacial score (nSPS) is 26.2. The van der Waals surface area contributed by atoms with Crippen molar-refractivity contribution in [2.75, 3.05) is 13.2 Å². The van der Waals surface area contributed by atoms with Crippen LogP contribution in [0.2, 0.25) is 0 Å². The van der Waals surface area contributed by atoms with Gasteiger partial charge in [0.25, 0.3) is 0 Å². The molecule has 1 fully saturated rings. The second-order valence-electron chi connectivity index (χ2n) is 5.04. The SMILES string of the molecule is CC(C)(C)OC(=O)N[C@@H]1CCO[C@H](CO)C1. The molecular weight excluding hydrogens is 210 g/mol. The number of amides is 1. The first-order valence-corrected chi connectivity index (χ1v) is 5.62. The van der Waals surface area contributed by atoms with Crippen molar-refractivity contribution >= 4 is 6.09 Å². The van der Waals surface area contributed by atoms with Crippen molar-refractivity contribution < 1.29 is 19.4 Å². The zero-order valence-electron chi connectivity index (χ0n) is 10.2. The number of aliphatic hydroxyl groups excluding tert-OH is 1. The number of ether oxygens (including phenoxy) is 2. The van der Waals surface area contributed by atoms with Gasteiger partial charge in [-0.3, -0.25) is 0 Å². The van der Waals surface area contributed by atoms with Crippen LogP contribution in [-0.2, 0) is 9.47 Å². The van der Waals surface area contributed by atoms with Crippen molar-refractivity contribution in [2.45, 2.75) is 51.4 Å². The maximum Gasteiger partial charge on any atom is 0.407 e. The molecule has 0 aromatic heterocycles. The topological polar surface area (TPSA) is 67.8 Å². The Morgan fingerprint density at radius 3 is 2.81 bits per heavy atom. The van der Waals surface area contributed by atoms with E-state index in [0.717, 1.165) is 6.42 Å². The second-order valence-corrected chi connectivity index (χ2v) is 5.04. The molecular formula is C11H21NO4. The van der Waals surface area contributed by atoms with Gasteiger partial charge in [0, 0.05) is 12.6 Å². The predicted octanol–water partition coefficient (Wildman–Crippen LogP) is 1.05. The van der Waals surface area contributed by atoms with Crippen LogP contribution in [0.15, 0.2) is 0 Å². The van der Waals surface area contributed by atoms with Crippen molar-refractivity contribution in [3.63, 3.8) is 0 Å². The van der Waals surface area contributed by atoms with Gasteiger partial charge >= 0.3 is 6.09 Å². The third-order valence-corrected chi connectivity index (χ3v) is 2.29. The molecule has 0 bridgehead atoms. The highest BCUT2D eigenvalue weighted by Gasteiger charge is 2.25. The monoisotopic (exact) mass is 231 g/mol. The molecule has 94 valence electrons. The van der Waals surface area contributed by atoms with E-state index in [2.05, 4.69) is 5.32 Å². The highest BCUT2D eigenvalue weighted by molar-refractivity contribution is 5.68. The molecule has 2 atom stereocenters. The molecule has 1 saturated heterocycles. The third-order valence-electron chi connectivity index (χ3n) is 2.29. The molecule has 1 amide bonds. The van der Waals surface area contributed by atoms with Gasteiger partial charge in [-0.1, -0.05) is 0 Å². The van der Waals surface area contributed by atoms with Gasteiger partial charge in [0.1, 0.15) is 5.60 Å². The van der Waals surface area contributed by atoms with Crippen molar-refractivity contribution in [1.82, 2.24) is 5.32 Å². The maximum absolute atomic E-state index is 11.5. The zero-order chi connectivity index (χ0) is 12.2. The second kappa shape index (κ2) is 5.50. The number of nitrogens with one attached hydrogen (secondary N) is 1. The first kappa shape index (κ1) is 13.3. The smallest absolute Gasteiger partial charge is 0.407 e. The Kier molecular flexibility index (Phi) is 4.56. The Morgan fingerprint density at radius 1 is 1.56 bits per heavy atom. The quantitative estimate of drug-likeness (QED) is 0.745. The third kappa shape index (κ3) is 4.81. The summed E-state index contributed by atoms with van der Waals surface area (Å²) in [7, 11) is 0. The van der Waals surface area contributed by atoms with Crippen LogP contribution in [0.3, 0.4) is 0 Å². The van der Waals surface area contributed by atoms with E-state index in [-0.39, 0.29) is 18.8 Å². The first-order chi connectivity index (χ1) is 7.40. The van der Waals surface area contributed by atoms with Gasteiger partial charge in [0.2, 0.25) is 0 Å². The summed E-state index contributed by atoms with van der Waals surface area (Å²) in [6.07, 6.45) is 0.815. The van der Waals surface area contributed by atoms with Crippen LogP contribution < -0.4 is 5.32 Å². The summed E-state index contributed by atoms with van der Waals surface area (Å²) in [6.45, 7) is 6.03. The van der Waals surface area contributed by atoms with Gasteiger partial charge in [0.15, 0.2) is 0 Å². The molecule has 0 saturated carbocycles. The minimum Gasteiger partial charge on any atom is -0.444 e. The van der Waals surface area contributed by atoms with Gasteiger partial charge < -0.3 is 19.9 Å². The average Bonchev–Trinajstić information content (AvgIpc) is 2.15. The van der Waals surface area contributed by atoms with E-state index in [1.165, 1.54) is 0 Å². The average molecular weight is 231 g/mol. The summed E-state index contributed by atoms with van der Waals surface area (Å²) < 4.78 is 10.5. The van der Waals surface area contributed by atoms with Crippen LogP contribution in [-0.4, -0.2) is 42.2 Å². The highest BCUT2D eigenvalue weighted by atomic mass is 16.6. The molecule has 5 nitrogen and oxygen atoms in total. The number of carbonyl (C=O) groups is 1. The molecule has 0 unspecified atom stereocenters. The summed E-state index contributed by atoms with van der Waals surface area (Å²) >= 11 is 0. The van der Waals surface area contributed by atoms with Crippen LogP contribution in [0.25, 0.3) is 0 Å². The first-order valence-electron chi connectivity index (χ1n) is 5.62. The summed E-state index contributed by atoms with van der Waals surface area (Å²) in [5, 5.41) is 11.7. The van der Waals surface area contributed by atoms with Crippen LogP contribution in [0.5, 0.6) is 0 Å². The highest BCUT2D eigenvalue weighted by Crippen LogP contribution is 2.14. The maximum atomic E-state index is 11.5. The fourth-order valence-electron chi connectivity index (χ4n) is 1.61. The minimum atomic E-state index is -0.481. The Labute approximate surface area is 96.1 Å². The molecule has 0 spiro atoms. The van der Waals surface area contributed by atoms with Gasteiger partial charge in [-0.05, 0) is 33.6 Å². The number of carbonyl (C=O) groups excluding carboxylic acids is 1. The van der Waals surface area contributed by atoms with Crippen molar-refractivity contribution in [2.24, 2.45) is 0 Å². The van der Waals surface area contributed by atoms with Gasteiger partial charge in [-0.15, -0.1) is 0 Å². The van der Waals surface area contributed by atoms with Gasteiger partial charge in [-0.2, -0.15) is 0 Å². The van der Waals surface area contributed by atoms with Crippen molar-refractivity contribution in [3.05, 3.63) is 0 Å². The minimum absolute atomic E-state index is 0.00744. The lowest BCUT2D eigenvalue weighted by Gasteiger charge is -2.30. The molecule has 5 heteroatoms. The Hall–Kier alpha value is -0.810. The zero-order valence-corrected chi connectivity index (χ0v) is 10.2. The Balaban J connectivity index is 2.33. The molecule has 1 aliphatic heterocycles. The number of hydrogen-bond acceptors (Lipinski definition) is 4. The van der Waals surface area contributed by atoms with E-state index in [9.17, 15) is 4.79 Å². The van der Waals surface area contributed by atoms with E-state index in [1.807, 2.05) is 20.8 Å². The molecule has 2 N–H and O–H groups in total. The summed E-state index contributed by atoms with van der Waals surface area (Å²) in [5.74, 6) is 0. The summed E-state index contributed by atoms with van der Waals surface area (Å²) in [5.41, 5.74) is -0.481. The van der Waals surface area contributed by atoms with E-state index < -0.39 is 11.7 Å². The lowest BCUT2D eigenvalue weighted by molar-refractivity contribution is -0.0304. The fraction of sp³-hybridized carbons (Fsp3) is 0.909. The Morgan fingerprint density at radius 2 is 2.25 bits per heavy atom. The largest absolute Gasteiger partial charge is 0.444 e. The van der Waals surface area contributed by atoms with Crippen LogP contribution in [0.1, 0.15) is 33.6 Å². The van der Waals surface area contributed by atoms with Gasteiger partial charge in [-0.25, -0.2) is 4.79 Å². The number of alkyl carbamates (subject to hydrolysis) is 1. The molecule has 0 radical (unpaired) electrons. The lowest BCUT2D eigenvalue weighted by atomic mass is 10.0. The standard InChI is InChI=1S/C11H21NO4/c1-11(2,3)16-10(14)12-8-4-5-15-9(6-8)7-13/h8-9,13H,4-7H2,1-3H3,(H,12,14)/t8-,9+/m1/s1. The van der Waals surface area contributed by atoms with E-state index >= 15 is 0 Å². The van der Waals surface area contributed by atoms with E-state index in [1.54, 1.807) is 0 Å². The number of aliphatic hydroxyl groups is 1. The van der Waals surface area contributed by atoms with Crippen molar-refractivity contribution in [3.8, 4) is 0 Å². The van der Waals surface area contributed by atoms with Crippen LogP contribution >= 0.6 is 0 Å². The van der Waals surface area contributed by atoms with Crippen LogP contribution in [0.4, 0.5) is 4.79 Å². The van der Waals surface area contributed by atoms with Crippen LogP contribution in [0, 0.1) is 0 Å². The molecule has 1 heterocycles. The number of hydrogen-bond donors (Lipinski definition) is 2. The molecule has 0 aromatic rings. The Bertz CT molecular complexity index is 237. The molecule has 0 aliphatic carbocycles. The fourth-order valence-corrected chi connectivity index (χ4v) is 1.61.